The van der Waals surface area contributed by atoms with Crippen molar-refractivity contribution in [1.82, 2.24) is 4.72 Å². The molecule has 3 rings (SSSR count). The fourth-order valence-corrected chi connectivity index (χ4v) is 3.58. The lowest BCUT2D eigenvalue weighted by atomic mass is 9.92. The van der Waals surface area contributed by atoms with Crippen molar-refractivity contribution < 1.29 is 12.8 Å². The molecule has 1 heterocycles. The maximum atomic E-state index is 12.3. The van der Waals surface area contributed by atoms with Crippen LogP contribution in [0.3, 0.4) is 0 Å². The zero-order chi connectivity index (χ0) is 14.0. The minimum Gasteiger partial charge on any atom is -0.468 e. The molecule has 0 spiro atoms. The molecule has 1 aromatic heterocycles. The molecule has 0 atom stereocenters. The molecule has 0 radical (unpaired) electrons. The van der Waals surface area contributed by atoms with Gasteiger partial charge in [0.05, 0.1) is 17.7 Å². The fourth-order valence-electron chi connectivity index (χ4n) is 2.54. The second-order valence-electron chi connectivity index (χ2n) is 5.04. The monoisotopic (exact) mass is 291 g/mol. The number of hydrogen-bond donors (Lipinski definition) is 1. The van der Waals surface area contributed by atoms with Crippen molar-refractivity contribution >= 4 is 10.0 Å². The van der Waals surface area contributed by atoms with E-state index in [1.165, 1.54) is 18.2 Å². The van der Waals surface area contributed by atoms with Gasteiger partial charge < -0.3 is 4.42 Å². The van der Waals surface area contributed by atoms with Gasteiger partial charge in [0.15, 0.2) is 0 Å². The summed E-state index contributed by atoms with van der Waals surface area (Å²) in [6.45, 7) is 0.173. The Morgan fingerprint density at radius 1 is 1.10 bits per heavy atom. The Morgan fingerprint density at radius 3 is 2.65 bits per heavy atom. The third kappa shape index (κ3) is 2.78. The predicted molar refractivity (Wildman–Crippen MR) is 75.8 cm³/mol. The van der Waals surface area contributed by atoms with Gasteiger partial charge in [-0.2, -0.15) is 0 Å². The second kappa shape index (κ2) is 5.42. The molecule has 1 aliphatic carbocycles. The van der Waals surface area contributed by atoms with E-state index in [1.54, 1.807) is 24.3 Å². The van der Waals surface area contributed by atoms with Crippen LogP contribution in [0.5, 0.6) is 0 Å². The van der Waals surface area contributed by atoms with Crippen LogP contribution in [-0.4, -0.2) is 8.42 Å². The van der Waals surface area contributed by atoms with Gasteiger partial charge in [-0.25, -0.2) is 13.1 Å². The van der Waals surface area contributed by atoms with Crippen LogP contribution in [0, 0.1) is 0 Å². The average molecular weight is 291 g/mol. The first-order valence-electron chi connectivity index (χ1n) is 6.79. The van der Waals surface area contributed by atoms with Gasteiger partial charge in [-0.15, -0.1) is 0 Å². The second-order valence-corrected chi connectivity index (χ2v) is 6.81. The molecule has 1 N–H and O–H groups in total. The van der Waals surface area contributed by atoms with Crippen LogP contribution < -0.4 is 4.72 Å². The molecule has 20 heavy (non-hydrogen) atoms. The zero-order valence-electron chi connectivity index (χ0n) is 11.1. The summed E-state index contributed by atoms with van der Waals surface area (Å²) >= 11 is 0. The standard InChI is InChI=1S/C15H17NO3S/c17-20(18,16-11-14-6-3-9-19-14)15-8-7-12-4-1-2-5-13(12)10-15/h3,6-10,16H,1-2,4-5,11H2. The van der Waals surface area contributed by atoms with E-state index in [1.807, 2.05) is 6.07 Å². The number of fused-ring (bicyclic) bond motifs is 1. The molecule has 0 fully saturated rings. The van der Waals surface area contributed by atoms with Crippen LogP contribution in [0.2, 0.25) is 0 Å². The fraction of sp³-hybridized carbons (Fsp3) is 0.333. The molecule has 0 saturated heterocycles. The number of aryl methyl sites for hydroxylation is 2. The maximum Gasteiger partial charge on any atom is 0.240 e. The predicted octanol–water partition coefficient (Wildman–Crippen LogP) is 2.64. The number of nitrogens with one attached hydrogen (secondary N) is 1. The molecule has 2 aromatic rings. The Hall–Kier alpha value is -1.59. The minimum atomic E-state index is -3.48. The highest BCUT2D eigenvalue weighted by Gasteiger charge is 2.17. The van der Waals surface area contributed by atoms with Gasteiger partial charge in [0.25, 0.3) is 0 Å². The molecule has 4 nitrogen and oxygen atoms in total. The van der Waals surface area contributed by atoms with Gasteiger partial charge in [0.1, 0.15) is 5.76 Å². The highest BCUT2D eigenvalue weighted by atomic mass is 32.2. The highest BCUT2D eigenvalue weighted by molar-refractivity contribution is 7.89. The number of rotatable bonds is 4. The lowest BCUT2D eigenvalue weighted by Gasteiger charge is -2.16. The minimum absolute atomic E-state index is 0.173. The van der Waals surface area contributed by atoms with Gasteiger partial charge in [-0.3, -0.25) is 0 Å². The first kappa shape index (κ1) is 13.4. The lowest BCUT2D eigenvalue weighted by molar-refractivity contribution is 0.498. The summed E-state index contributed by atoms with van der Waals surface area (Å²) in [4.78, 5) is 0.338. The Labute approximate surface area is 118 Å². The maximum absolute atomic E-state index is 12.3. The molecule has 1 aliphatic rings. The van der Waals surface area contributed by atoms with Gasteiger partial charge in [0.2, 0.25) is 10.0 Å². The molecular formula is C15H17NO3S. The van der Waals surface area contributed by atoms with Gasteiger partial charge in [-0.1, -0.05) is 6.07 Å². The van der Waals surface area contributed by atoms with E-state index in [0.717, 1.165) is 24.8 Å². The van der Waals surface area contributed by atoms with Crippen molar-refractivity contribution in [2.24, 2.45) is 0 Å². The van der Waals surface area contributed by atoms with Crippen LogP contribution in [0.25, 0.3) is 0 Å². The van der Waals surface area contributed by atoms with E-state index in [-0.39, 0.29) is 6.54 Å². The summed E-state index contributed by atoms with van der Waals surface area (Å²) in [5, 5.41) is 0. The van der Waals surface area contributed by atoms with E-state index >= 15 is 0 Å². The number of benzene rings is 1. The third-order valence-corrected chi connectivity index (χ3v) is 5.05. The molecule has 0 unspecified atom stereocenters. The molecule has 5 heteroatoms. The van der Waals surface area contributed by atoms with Crippen molar-refractivity contribution in [2.45, 2.75) is 37.1 Å². The van der Waals surface area contributed by atoms with Crippen molar-refractivity contribution in [3.05, 3.63) is 53.5 Å². The van der Waals surface area contributed by atoms with E-state index in [2.05, 4.69) is 4.72 Å². The van der Waals surface area contributed by atoms with Gasteiger partial charge >= 0.3 is 0 Å². The lowest BCUT2D eigenvalue weighted by Crippen LogP contribution is -2.23. The summed E-state index contributed by atoms with van der Waals surface area (Å²) in [5.41, 5.74) is 2.44. The van der Waals surface area contributed by atoms with Crippen LogP contribution in [0.4, 0.5) is 0 Å². The number of sulfonamides is 1. The van der Waals surface area contributed by atoms with E-state index in [0.29, 0.717) is 10.7 Å². The third-order valence-electron chi connectivity index (χ3n) is 3.65. The Kier molecular flexibility index (Phi) is 3.63. The largest absolute Gasteiger partial charge is 0.468 e. The first-order chi connectivity index (χ1) is 9.65. The van der Waals surface area contributed by atoms with Crippen LogP contribution in [0.1, 0.15) is 29.7 Å². The molecule has 0 saturated carbocycles. The molecule has 1 aromatic carbocycles. The summed E-state index contributed by atoms with van der Waals surface area (Å²) in [6, 6.07) is 8.92. The number of hydrogen-bond acceptors (Lipinski definition) is 3. The smallest absolute Gasteiger partial charge is 0.240 e. The SMILES string of the molecule is O=S(=O)(NCc1ccco1)c1ccc2c(c1)CCCC2. The average Bonchev–Trinajstić information content (AvgIpc) is 2.98. The molecule has 0 amide bonds. The zero-order valence-corrected chi connectivity index (χ0v) is 11.9. The summed E-state index contributed by atoms with van der Waals surface area (Å²) in [7, 11) is -3.48. The van der Waals surface area contributed by atoms with E-state index < -0.39 is 10.0 Å². The van der Waals surface area contributed by atoms with Crippen LogP contribution in [0.15, 0.2) is 45.9 Å². The quantitative estimate of drug-likeness (QED) is 0.942. The molecule has 106 valence electrons. The van der Waals surface area contributed by atoms with Gasteiger partial charge in [0, 0.05) is 0 Å². The molecular weight excluding hydrogens is 274 g/mol. The Bertz CT molecular complexity index is 690. The van der Waals surface area contributed by atoms with Crippen LogP contribution in [-0.2, 0) is 29.4 Å². The van der Waals surface area contributed by atoms with E-state index in [4.69, 9.17) is 4.42 Å². The summed E-state index contributed by atoms with van der Waals surface area (Å²) in [6.07, 6.45) is 5.88. The Morgan fingerprint density at radius 2 is 1.90 bits per heavy atom. The van der Waals surface area contributed by atoms with Crippen molar-refractivity contribution in [3.8, 4) is 0 Å². The molecule has 0 bridgehead atoms. The molecule has 0 aliphatic heterocycles. The van der Waals surface area contributed by atoms with Crippen molar-refractivity contribution in [1.29, 1.82) is 0 Å². The topological polar surface area (TPSA) is 59.3 Å². The van der Waals surface area contributed by atoms with Crippen LogP contribution >= 0.6 is 0 Å². The van der Waals surface area contributed by atoms with Crippen molar-refractivity contribution in [3.63, 3.8) is 0 Å². The van der Waals surface area contributed by atoms with E-state index in [9.17, 15) is 8.42 Å². The number of furan rings is 1. The Balaban J connectivity index is 1.80. The van der Waals surface area contributed by atoms with Gasteiger partial charge in [-0.05, 0) is 61.1 Å². The van der Waals surface area contributed by atoms with Crippen molar-refractivity contribution in [2.75, 3.05) is 0 Å². The summed E-state index contributed by atoms with van der Waals surface area (Å²) < 4.78 is 32.2. The first-order valence-corrected chi connectivity index (χ1v) is 8.27. The normalized spacial score (nSPS) is 15.0. The summed E-state index contributed by atoms with van der Waals surface area (Å²) in [5.74, 6) is 0.603. The highest BCUT2D eigenvalue weighted by Crippen LogP contribution is 2.24.